The van der Waals surface area contributed by atoms with Crippen LogP contribution in [-0.4, -0.2) is 64.7 Å². The van der Waals surface area contributed by atoms with Crippen molar-refractivity contribution < 1.29 is 23.8 Å². The lowest BCUT2D eigenvalue weighted by Gasteiger charge is -2.31. The van der Waals surface area contributed by atoms with Crippen molar-refractivity contribution in [2.24, 2.45) is 5.92 Å². The third kappa shape index (κ3) is 6.39. The highest BCUT2D eigenvalue weighted by Gasteiger charge is 2.41. The Morgan fingerprint density at radius 1 is 1.20 bits per heavy atom. The van der Waals surface area contributed by atoms with Gasteiger partial charge in [-0.05, 0) is 40.5 Å². The largest absolute Gasteiger partial charge is 0.458 e. The molecule has 0 spiro atoms. The van der Waals surface area contributed by atoms with Crippen molar-refractivity contribution in [3.63, 3.8) is 0 Å². The lowest BCUT2D eigenvalue weighted by molar-refractivity contribution is -0.161. The molecule has 2 amide bonds. The van der Waals surface area contributed by atoms with E-state index in [4.69, 9.17) is 14.2 Å². The predicted octanol–water partition coefficient (Wildman–Crippen LogP) is 3.82. The zero-order chi connectivity index (χ0) is 22.5. The molecule has 9 heteroatoms. The third-order valence-electron chi connectivity index (χ3n) is 4.50. The maximum atomic E-state index is 13.0. The molecule has 2 heterocycles. The molecule has 1 aliphatic heterocycles. The van der Waals surface area contributed by atoms with Crippen LogP contribution < -0.4 is 0 Å². The van der Waals surface area contributed by atoms with Gasteiger partial charge in [0.2, 0.25) is 6.29 Å². The minimum Gasteiger partial charge on any atom is -0.458 e. The standard InChI is InChI=1S/C21H35N3O5S/c1-8-27-19(28-9-2)17-22-15(13-30-17)12-23-10-11-24(20(23)26)16(14(3)4)18(25)29-21(5,6)7/h13-14,16,19H,8-12H2,1-7H3/t16-/m0/s1. The Morgan fingerprint density at radius 2 is 1.83 bits per heavy atom. The van der Waals surface area contributed by atoms with Crippen LogP contribution in [-0.2, 0) is 25.5 Å². The number of thiazole rings is 1. The zero-order valence-corrected chi connectivity index (χ0v) is 20.0. The van der Waals surface area contributed by atoms with Crippen LogP contribution in [0.5, 0.6) is 0 Å². The van der Waals surface area contributed by atoms with E-state index in [1.165, 1.54) is 11.3 Å². The number of amides is 2. The fraction of sp³-hybridized carbons (Fsp3) is 0.762. The molecule has 0 bridgehead atoms. The Balaban J connectivity index is 2.07. The summed E-state index contributed by atoms with van der Waals surface area (Å²) in [7, 11) is 0. The highest BCUT2D eigenvalue weighted by molar-refractivity contribution is 7.09. The number of hydrogen-bond acceptors (Lipinski definition) is 7. The summed E-state index contributed by atoms with van der Waals surface area (Å²) in [6.07, 6.45) is -0.484. The van der Waals surface area contributed by atoms with Crippen molar-refractivity contribution in [3.05, 3.63) is 16.1 Å². The Kier molecular flexibility index (Phi) is 8.63. The molecule has 0 unspecified atom stereocenters. The van der Waals surface area contributed by atoms with Crippen LogP contribution in [0.1, 0.15) is 65.5 Å². The van der Waals surface area contributed by atoms with Crippen LogP contribution in [0.25, 0.3) is 0 Å². The Labute approximate surface area is 183 Å². The van der Waals surface area contributed by atoms with Gasteiger partial charge in [0, 0.05) is 31.7 Å². The van der Waals surface area contributed by atoms with E-state index in [1.54, 1.807) is 9.80 Å². The molecular formula is C21H35N3O5S. The number of ether oxygens (including phenoxy) is 3. The van der Waals surface area contributed by atoms with Gasteiger partial charge in [0.05, 0.1) is 12.2 Å². The van der Waals surface area contributed by atoms with Crippen molar-refractivity contribution in [1.29, 1.82) is 0 Å². The molecule has 8 nitrogen and oxygen atoms in total. The molecule has 0 aromatic carbocycles. The summed E-state index contributed by atoms with van der Waals surface area (Å²) < 4.78 is 16.8. The number of nitrogens with zero attached hydrogens (tertiary/aromatic N) is 3. The minimum atomic E-state index is -0.604. The first-order valence-electron chi connectivity index (χ1n) is 10.5. The molecular weight excluding hydrogens is 406 g/mol. The van der Waals surface area contributed by atoms with Gasteiger partial charge in [0.25, 0.3) is 0 Å². The number of hydrogen-bond donors (Lipinski definition) is 0. The topological polar surface area (TPSA) is 81.2 Å². The molecule has 1 atom stereocenters. The molecule has 2 rings (SSSR count). The molecule has 1 aliphatic rings. The Hall–Kier alpha value is -1.71. The fourth-order valence-electron chi connectivity index (χ4n) is 3.32. The first-order valence-corrected chi connectivity index (χ1v) is 11.4. The molecule has 0 N–H and O–H groups in total. The number of carbonyl (C=O) groups is 2. The van der Waals surface area contributed by atoms with Crippen molar-refractivity contribution in [3.8, 4) is 0 Å². The summed E-state index contributed by atoms with van der Waals surface area (Å²) in [5.74, 6) is -0.410. The molecule has 0 radical (unpaired) electrons. The highest BCUT2D eigenvalue weighted by Crippen LogP contribution is 2.26. The number of aromatic nitrogens is 1. The number of carbonyl (C=O) groups excluding carboxylic acids is 2. The lowest BCUT2D eigenvalue weighted by atomic mass is 10.0. The van der Waals surface area contributed by atoms with E-state index in [9.17, 15) is 9.59 Å². The van der Waals surface area contributed by atoms with E-state index in [1.807, 2.05) is 53.8 Å². The Morgan fingerprint density at radius 3 is 2.37 bits per heavy atom. The highest BCUT2D eigenvalue weighted by atomic mass is 32.1. The monoisotopic (exact) mass is 441 g/mol. The first kappa shape index (κ1) is 24.6. The van der Waals surface area contributed by atoms with Crippen LogP contribution in [0.2, 0.25) is 0 Å². The first-order chi connectivity index (χ1) is 14.1. The van der Waals surface area contributed by atoms with Gasteiger partial charge in [-0.2, -0.15) is 0 Å². The molecule has 0 aliphatic carbocycles. The predicted molar refractivity (Wildman–Crippen MR) is 115 cm³/mol. The van der Waals surface area contributed by atoms with E-state index in [-0.39, 0.29) is 17.9 Å². The van der Waals surface area contributed by atoms with Crippen molar-refractivity contribution in [2.75, 3.05) is 26.3 Å². The van der Waals surface area contributed by atoms with Gasteiger partial charge in [0.1, 0.15) is 16.7 Å². The second-order valence-corrected chi connectivity index (χ2v) is 9.43. The number of urea groups is 1. The Bertz CT molecular complexity index is 710. The summed E-state index contributed by atoms with van der Waals surface area (Å²) in [5.41, 5.74) is 0.189. The molecule has 1 fully saturated rings. The van der Waals surface area contributed by atoms with Crippen LogP contribution in [0.3, 0.4) is 0 Å². The normalized spacial score (nSPS) is 16.1. The van der Waals surface area contributed by atoms with Crippen LogP contribution in [0.4, 0.5) is 4.79 Å². The van der Waals surface area contributed by atoms with Gasteiger partial charge in [0.15, 0.2) is 0 Å². The molecule has 170 valence electrons. The summed E-state index contributed by atoms with van der Waals surface area (Å²) in [5, 5.41) is 2.66. The number of esters is 1. The summed E-state index contributed by atoms with van der Waals surface area (Å²) in [6, 6.07) is -0.770. The van der Waals surface area contributed by atoms with Gasteiger partial charge < -0.3 is 24.0 Å². The zero-order valence-electron chi connectivity index (χ0n) is 19.1. The average Bonchev–Trinajstić information content (AvgIpc) is 3.22. The van der Waals surface area contributed by atoms with Gasteiger partial charge >= 0.3 is 12.0 Å². The maximum Gasteiger partial charge on any atom is 0.329 e. The van der Waals surface area contributed by atoms with E-state index < -0.39 is 17.9 Å². The van der Waals surface area contributed by atoms with Gasteiger partial charge in [-0.15, -0.1) is 11.3 Å². The van der Waals surface area contributed by atoms with Crippen LogP contribution in [0.15, 0.2) is 5.38 Å². The van der Waals surface area contributed by atoms with Gasteiger partial charge in [-0.3, -0.25) is 0 Å². The lowest BCUT2D eigenvalue weighted by Crippen LogP contribution is -2.49. The third-order valence-corrected chi connectivity index (χ3v) is 5.42. The fourth-order valence-corrected chi connectivity index (χ4v) is 4.12. The van der Waals surface area contributed by atoms with Gasteiger partial charge in [-0.25, -0.2) is 14.6 Å². The molecule has 0 saturated carbocycles. The second-order valence-electron chi connectivity index (χ2n) is 8.54. The molecule has 1 aromatic rings. The van der Waals surface area contributed by atoms with Gasteiger partial charge in [-0.1, -0.05) is 13.8 Å². The van der Waals surface area contributed by atoms with Crippen molar-refractivity contribution in [1.82, 2.24) is 14.8 Å². The minimum absolute atomic E-state index is 0.0484. The summed E-state index contributed by atoms with van der Waals surface area (Å²) >= 11 is 1.46. The average molecular weight is 442 g/mol. The molecule has 30 heavy (non-hydrogen) atoms. The maximum absolute atomic E-state index is 13.0. The number of rotatable bonds is 10. The van der Waals surface area contributed by atoms with E-state index in [2.05, 4.69) is 4.98 Å². The molecule has 1 saturated heterocycles. The van der Waals surface area contributed by atoms with Crippen molar-refractivity contribution >= 4 is 23.3 Å². The van der Waals surface area contributed by atoms with E-state index >= 15 is 0 Å². The summed E-state index contributed by atoms with van der Waals surface area (Å²) in [4.78, 5) is 33.7. The van der Waals surface area contributed by atoms with E-state index in [0.717, 1.165) is 10.7 Å². The SMILES string of the molecule is CCOC(OCC)c1nc(CN2CCN([C@H](C(=O)OC(C)(C)C)C(C)C)C2=O)cs1. The van der Waals surface area contributed by atoms with Crippen molar-refractivity contribution in [2.45, 2.75) is 72.9 Å². The molecule has 1 aromatic heterocycles. The van der Waals surface area contributed by atoms with Crippen LogP contribution >= 0.6 is 11.3 Å². The second kappa shape index (κ2) is 10.5. The van der Waals surface area contributed by atoms with E-state index in [0.29, 0.717) is 32.8 Å². The smallest absolute Gasteiger partial charge is 0.329 e. The quantitative estimate of drug-likeness (QED) is 0.406. The summed E-state index contributed by atoms with van der Waals surface area (Å²) in [6.45, 7) is 15.6. The van der Waals surface area contributed by atoms with Crippen LogP contribution in [0, 0.1) is 5.92 Å².